The predicted octanol–water partition coefficient (Wildman–Crippen LogP) is 3.49. The minimum absolute atomic E-state index is 0.777. The summed E-state index contributed by atoms with van der Waals surface area (Å²) in [6.07, 6.45) is 0. The van der Waals surface area contributed by atoms with Gasteiger partial charge in [0.1, 0.15) is 5.01 Å². The Labute approximate surface area is 103 Å². The second kappa shape index (κ2) is 3.60. The average Bonchev–Trinajstić information content (AvgIpc) is 2.85. The number of benzene rings is 1. The third-order valence-electron chi connectivity index (χ3n) is 2.95. The van der Waals surface area contributed by atoms with Gasteiger partial charge in [-0.25, -0.2) is 4.98 Å². The predicted molar refractivity (Wildman–Crippen MR) is 73.3 cm³/mol. The Morgan fingerprint density at radius 2 is 2.12 bits per heavy atom. The van der Waals surface area contributed by atoms with Crippen LogP contribution in [0.5, 0.6) is 0 Å². The summed E-state index contributed by atoms with van der Waals surface area (Å²) in [6.45, 7) is 4.12. The Balaban J connectivity index is 2.21. The number of aryl methyl sites for hydroxylation is 2. The fourth-order valence-corrected chi connectivity index (χ4v) is 2.77. The highest BCUT2D eigenvalue weighted by atomic mass is 32.1. The smallest absolute Gasteiger partial charge is 0.140 e. The number of anilines is 1. The van der Waals surface area contributed by atoms with Crippen molar-refractivity contribution in [2.24, 2.45) is 0 Å². The summed E-state index contributed by atoms with van der Waals surface area (Å²) in [4.78, 5) is 9.15. The van der Waals surface area contributed by atoms with E-state index in [1.807, 2.05) is 19.1 Å². The van der Waals surface area contributed by atoms with Gasteiger partial charge in [-0.3, -0.25) is 0 Å². The first-order valence-corrected chi connectivity index (χ1v) is 6.28. The van der Waals surface area contributed by atoms with Crippen LogP contribution in [0.15, 0.2) is 24.3 Å². The van der Waals surface area contributed by atoms with Gasteiger partial charge >= 0.3 is 0 Å². The van der Waals surface area contributed by atoms with Crippen LogP contribution in [0, 0.1) is 13.8 Å². The van der Waals surface area contributed by atoms with Gasteiger partial charge in [0.15, 0.2) is 0 Å². The minimum Gasteiger partial charge on any atom is -0.397 e. The standard InChI is InChI=1S/C13H13N3S/c1-7-8(2)17-13(15-7)11-6-9-4-3-5-10(14)12(9)16-11/h3-6,16H,14H2,1-2H3. The average molecular weight is 243 g/mol. The summed E-state index contributed by atoms with van der Waals surface area (Å²) >= 11 is 1.71. The fourth-order valence-electron chi connectivity index (χ4n) is 1.88. The van der Waals surface area contributed by atoms with Gasteiger partial charge in [0.25, 0.3) is 0 Å². The molecule has 3 N–H and O–H groups in total. The minimum atomic E-state index is 0.777. The summed E-state index contributed by atoms with van der Waals surface area (Å²) in [6, 6.07) is 8.02. The largest absolute Gasteiger partial charge is 0.397 e. The Morgan fingerprint density at radius 1 is 1.29 bits per heavy atom. The quantitative estimate of drug-likeness (QED) is 0.643. The molecular weight excluding hydrogens is 230 g/mol. The third-order valence-corrected chi connectivity index (χ3v) is 4.05. The van der Waals surface area contributed by atoms with Gasteiger partial charge < -0.3 is 10.7 Å². The number of nitrogens with one attached hydrogen (secondary N) is 1. The van der Waals surface area contributed by atoms with E-state index >= 15 is 0 Å². The van der Waals surface area contributed by atoms with E-state index < -0.39 is 0 Å². The fraction of sp³-hybridized carbons (Fsp3) is 0.154. The monoisotopic (exact) mass is 243 g/mol. The number of para-hydroxylation sites is 1. The second-order valence-corrected chi connectivity index (χ2v) is 5.36. The van der Waals surface area contributed by atoms with Crippen molar-refractivity contribution in [2.45, 2.75) is 13.8 Å². The molecule has 0 amide bonds. The lowest BCUT2D eigenvalue weighted by atomic mass is 10.2. The number of nitrogens with zero attached hydrogens (tertiary/aromatic N) is 1. The van der Waals surface area contributed by atoms with E-state index in [-0.39, 0.29) is 0 Å². The Morgan fingerprint density at radius 3 is 2.76 bits per heavy atom. The van der Waals surface area contributed by atoms with Gasteiger partial charge in [0.2, 0.25) is 0 Å². The lowest BCUT2D eigenvalue weighted by Gasteiger charge is -1.93. The van der Waals surface area contributed by atoms with Crippen molar-refractivity contribution in [1.82, 2.24) is 9.97 Å². The molecule has 0 radical (unpaired) electrons. The molecule has 0 aliphatic carbocycles. The maximum absolute atomic E-state index is 5.93. The highest BCUT2D eigenvalue weighted by Crippen LogP contribution is 2.30. The normalized spacial score (nSPS) is 11.2. The molecule has 17 heavy (non-hydrogen) atoms. The SMILES string of the molecule is Cc1nc(-c2cc3cccc(N)c3[nH]2)sc1C. The number of hydrogen-bond acceptors (Lipinski definition) is 3. The zero-order valence-corrected chi connectivity index (χ0v) is 10.6. The Bertz CT molecular complexity index is 674. The van der Waals surface area contributed by atoms with Crippen LogP contribution in [-0.2, 0) is 0 Å². The number of aromatic amines is 1. The van der Waals surface area contributed by atoms with Crippen LogP contribution in [0.4, 0.5) is 5.69 Å². The summed E-state index contributed by atoms with van der Waals surface area (Å²) < 4.78 is 0. The van der Waals surface area contributed by atoms with Crippen LogP contribution >= 0.6 is 11.3 Å². The van der Waals surface area contributed by atoms with Crippen molar-refractivity contribution in [3.63, 3.8) is 0 Å². The van der Waals surface area contributed by atoms with Gasteiger partial charge in [0.05, 0.1) is 22.6 Å². The van der Waals surface area contributed by atoms with Crippen molar-refractivity contribution in [3.8, 4) is 10.7 Å². The summed E-state index contributed by atoms with van der Waals surface area (Å²) in [5.74, 6) is 0. The summed E-state index contributed by atoms with van der Waals surface area (Å²) in [5.41, 5.74) is 9.84. The van der Waals surface area contributed by atoms with E-state index in [0.29, 0.717) is 0 Å². The van der Waals surface area contributed by atoms with Gasteiger partial charge in [-0.1, -0.05) is 12.1 Å². The molecule has 0 spiro atoms. The van der Waals surface area contributed by atoms with E-state index in [9.17, 15) is 0 Å². The first-order valence-electron chi connectivity index (χ1n) is 5.47. The maximum atomic E-state index is 5.93. The molecule has 0 saturated carbocycles. The molecule has 0 aliphatic heterocycles. The molecule has 3 aromatic rings. The third kappa shape index (κ3) is 1.61. The van der Waals surface area contributed by atoms with Crippen molar-refractivity contribution in [2.75, 3.05) is 5.73 Å². The molecule has 86 valence electrons. The number of aromatic nitrogens is 2. The Kier molecular flexibility index (Phi) is 2.19. The molecule has 4 heteroatoms. The van der Waals surface area contributed by atoms with Crippen molar-refractivity contribution in [3.05, 3.63) is 34.8 Å². The lowest BCUT2D eigenvalue weighted by molar-refractivity contribution is 1.22. The van der Waals surface area contributed by atoms with Crippen molar-refractivity contribution < 1.29 is 0 Å². The van der Waals surface area contributed by atoms with Crippen LogP contribution in [0.3, 0.4) is 0 Å². The Hall–Kier alpha value is -1.81. The van der Waals surface area contributed by atoms with Crippen molar-refractivity contribution >= 4 is 27.9 Å². The number of hydrogen-bond donors (Lipinski definition) is 2. The highest BCUT2D eigenvalue weighted by Gasteiger charge is 2.10. The van der Waals surface area contributed by atoms with Gasteiger partial charge in [-0.15, -0.1) is 11.3 Å². The number of thiazole rings is 1. The molecule has 2 heterocycles. The molecule has 0 atom stereocenters. The van der Waals surface area contributed by atoms with Gasteiger partial charge in [-0.2, -0.15) is 0 Å². The number of H-pyrrole nitrogens is 1. The van der Waals surface area contributed by atoms with Gasteiger partial charge in [0, 0.05) is 10.3 Å². The molecule has 3 nitrogen and oxygen atoms in total. The maximum Gasteiger partial charge on any atom is 0.140 e. The van der Waals surface area contributed by atoms with Gasteiger partial charge in [-0.05, 0) is 26.0 Å². The number of nitrogen functional groups attached to an aromatic ring is 1. The topological polar surface area (TPSA) is 54.7 Å². The molecule has 1 aromatic carbocycles. The first-order chi connectivity index (χ1) is 8.15. The molecule has 0 bridgehead atoms. The summed E-state index contributed by atoms with van der Waals surface area (Å²) in [7, 11) is 0. The highest BCUT2D eigenvalue weighted by molar-refractivity contribution is 7.15. The molecule has 0 unspecified atom stereocenters. The molecular formula is C13H13N3S. The lowest BCUT2D eigenvalue weighted by Crippen LogP contribution is -1.85. The number of fused-ring (bicyclic) bond motifs is 1. The summed E-state index contributed by atoms with van der Waals surface area (Å²) in [5, 5.41) is 2.15. The molecule has 3 rings (SSSR count). The number of rotatable bonds is 1. The van der Waals surface area contributed by atoms with Crippen molar-refractivity contribution in [1.29, 1.82) is 0 Å². The molecule has 0 saturated heterocycles. The van der Waals surface area contributed by atoms with E-state index in [2.05, 4.69) is 29.0 Å². The van der Waals surface area contributed by atoms with Crippen LogP contribution < -0.4 is 5.73 Å². The van der Waals surface area contributed by atoms with E-state index in [4.69, 9.17) is 5.73 Å². The van der Waals surface area contributed by atoms with E-state index in [0.717, 1.165) is 33.0 Å². The van der Waals surface area contributed by atoms with Crippen LogP contribution in [0.25, 0.3) is 21.6 Å². The zero-order chi connectivity index (χ0) is 12.0. The van der Waals surface area contributed by atoms with Crippen LogP contribution in [0.1, 0.15) is 10.6 Å². The molecule has 2 aromatic heterocycles. The zero-order valence-electron chi connectivity index (χ0n) is 9.74. The van der Waals surface area contributed by atoms with Crippen LogP contribution in [0.2, 0.25) is 0 Å². The van der Waals surface area contributed by atoms with E-state index in [1.165, 1.54) is 4.88 Å². The molecule has 0 fully saturated rings. The second-order valence-electron chi connectivity index (χ2n) is 4.16. The molecule has 0 aliphatic rings. The van der Waals surface area contributed by atoms with E-state index in [1.54, 1.807) is 11.3 Å². The van der Waals surface area contributed by atoms with Crippen LogP contribution in [-0.4, -0.2) is 9.97 Å². The first kappa shape index (κ1) is 10.4. The number of nitrogens with two attached hydrogens (primary N) is 1.